The van der Waals surface area contributed by atoms with Crippen LogP contribution in [0.3, 0.4) is 0 Å². The highest BCUT2D eigenvalue weighted by atomic mass is 16.3. The molecule has 0 unspecified atom stereocenters. The van der Waals surface area contributed by atoms with Gasteiger partial charge in [0.15, 0.2) is 0 Å². The molecule has 5 nitrogen and oxygen atoms in total. The van der Waals surface area contributed by atoms with Gasteiger partial charge in [-0.1, -0.05) is 6.92 Å². The average molecular weight is 342 g/mol. The summed E-state index contributed by atoms with van der Waals surface area (Å²) in [6.07, 6.45) is 4.76. The summed E-state index contributed by atoms with van der Waals surface area (Å²) >= 11 is 0. The van der Waals surface area contributed by atoms with Crippen molar-refractivity contribution >= 4 is 5.91 Å². The molecule has 2 aliphatic rings. The molecule has 25 heavy (non-hydrogen) atoms. The summed E-state index contributed by atoms with van der Waals surface area (Å²) in [5.74, 6) is 4.27. The summed E-state index contributed by atoms with van der Waals surface area (Å²) in [5.41, 5.74) is 0.639. The number of likely N-dealkylation sites (tertiary alicyclic amines) is 1. The second-order valence-electron chi connectivity index (χ2n) is 7.54. The van der Waals surface area contributed by atoms with Crippen molar-refractivity contribution in [3.63, 3.8) is 0 Å². The number of carbonyl (C=O) groups excluding carboxylic acids is 1. The molecule has 2 aromatic heterocycles. The number of amides is 1. The number of nitrogens with zero attached hydrogens (tertiary/aromatic N) is 1. The van der Waals surface area contributed by atoms with E-state index in [1.54, 1.807) is 12.3 Å². The van der Waals surface area contributed by atoms with Crippen LogP contribution in [0.15, 0.2) is 33.3 Å². The first-order chi connectivity index (χ1) is 12.1. The van der Waals surface area contributed by atoms with Crippen LogP contribution in [-0.4, -0.2) is 29.9 Å². The highest BCUT2D eigenvalue weighted by Gasteiger charge is 2.36. The molecule has 3 heterocycles. The third-order valence-corrected chi connectivity index (χ3v) is 5.56. The van der Waals surface area contributed by atoms with Crippen LogP contribution in [-0.2, 0) is 6.54 Å². The second kappa shape index (κ2) is 6.71. The van der Waals surface area contributed by atoms with Gasteiger partial charge in [-0.05, 0) is 50.3 Å². The van der Waals surface area contributed by atoms with Crippen LogP contribution < -0.4 is 5.32 Å². The number of carbonyl (C=O) groups is 1. The topological polar surface area (TPSA) is 58.6 Å². The molecular weight excluding hydrogens is 316 g/mol. The minimum absolute atomic E-state index is 0.0288. The van der Waals surface area contributed by atoms with Gasteiger partial charge in [0.2, 0.25) is 0 Å². The summed E-state index contributed by atoms with van der Waals surface area (Å²) in [6.45, 7) is 6.91. The van der Waals surface area contributed by atoms with Gasteiger partial charge in [0.1, 0.15) is 17.3 Å². The van der Waals surface area contributed by atoms with Gasteiger partial charge < -0.3 is 14.2 Å². The van der Waals surface area contributed by atoms with E-state index < -0.39 is 0 Å². The van der Waals surface area contributed by atoms with Crippen molar-refractivity contribution in [2.24, 2.45) is 5.92 Å². The van der Waals surface area contributed by atoms with Crippen LogP contribution >= 0.6 is 0 Å². The zero-order valence-corrected chi connectivity index (χ0v) is 15.0. The lowest BCUT2D eigenvalue weighted by atomic mass is 10.0. The third kappa shape index (κ3) is 3.66. The molecule has 1 N–H and O–H groups in total. The normalized spacial score (nSPS) is 24.4. The predicted octanol–water partition coefficient (Wildman–Crippen LogP) is 3.70. The van der Waals surface area contributed by atoms with Crippen LogP contribution in [0, 0.1) is 12.8 Å². The lowest BCUT2D eigenvalue weighted by molar-refractivity contribution is 0.0904. The number of hydrogen-bond acceptors (Lipinski definition) is 4. The monoisotopic (exact) mass is 342 g/mol. The maximum absolute atomic E-state index is 12.3. The fourth-order valence-electron chi connectivity index (χ4n) is 3.74. The number of piperidine rings is 1. The van der Waals surface area contributed by atoms with E-state index in [0.717, 1.165) is 49.9 Å². The highest BCUT2D eigenvalue weighted by Crippen LogP contribution is 2.47. The fourth-order valence-corrected chi connectivity index (χ4v) is 3.74. The van der Waals surface area contributed by atoms with Gasteiger partial charge >= 0.3 is 0 Å². The van der Waals surface area contributed by atoms with Gasteiger partial charge in [0.25, 0.3) is 5.91 Å². The minimum atomic E-state index is -0.0288. The Hall–Kier alpha value is -2.01. The van der Waals surface area contributed by atoms with E-state index in [9.17, 15) is 4.79 Å². The van der Waals surface area contributed by atoms with Gasteiger partial charge in [0.05, 0.1) is 18.4 Å². The van der Waals surface area contributed by atoms with Crippen molar-refractivity contribution in [2.75, 3.05) is 13.1 Å². The van der Waals surface area contributed by atoms with Crippen LogP contribution in [0.25, 0.3) is 0 Å². The van der Waals surface area contributed by atoms with Crippen molar-refractivity contribution < 1.29 is 13.6 Å². The van der Waals surface area contributed by atoms with Crippen molar-refractivity contribution in [2.45, 2.75) is 51.6 Å². The van der Waals surface area contributed by atoms with E-state index in [0.29, 0.717) is 17.2 Å². The SMILES string of the molecule is Cc1occc1C(=O)NC1CCN(Cc2ccc([C@@H]3C[C@H]3C)o2)CC1. The number of nitrogens with one attached hydrogen (secondary N) is 1. The predicted molar refractivity (Wildman–Crippen MR) is 94.4 cm³/mol. The number of aryl methyl sites for hydroxylation is 1. The molecule has 0 bridgehead atoms. The molecule has 0 spiro atoms. The molecule has 1 amide bonds. The first-order valence-electron chi connectivity index (χ1n) is 9.26. The quantitative estimate of drug-likeness (QED) is 0.900. The molecule has 0 aromatic carbocycles. The summed E-state index contributed by atoms with van der Waals surface area (Å²) in [7, 11) is 0. The van der Waals surface area contributed by atoms with Gasteiger partial charge in [-0.3, -0.25) is 9.69 Å². The number of rotatable bonds is 5. The van der Waals surface area contributed by atoms with Crippen molar-refractivity contribution in [3.05, 3.63) is 47.3 Å². The van der Waals surface area contributed by atoms with Crippen LogP contribution in [0.4, 0.5) is 0 Å². The lowest BCUT2D eigenvalue weighted by Crippen LogP contribution is -2.44. The molecule has 1 aliphatic heterocycles. The summed E-state index contributed by atoms with van der Waals surface area (Å²) in [6, 6.07) is 6.23. The molecule has 1 saturated heterocycles. The summed E-state index contributed by atoms with van der Waals surface area (Å²) < 4.78 is 11.2. The molecule has 2 aromatic rings. The molecule has 134 valence electrons. The Labute approximate surface area is 148 Å². The number of hydrogen-bond donors (Lipinski definition) is 1. The van der Waals surface area contributed by atoms with Gasteiger partial charge in [-0.25, -0.2) is 0 Å². The largest absolute Gasteiger partial charge is 0.469 e. The van der Waals surface area contributed by atoms with Gasteiger partial charge in [0, 0.05) is 25.0 Å². The molecule has 2 fully saturated rings. The Bertz CT molecular complexity index is 740. The zero-order valence-electron chi connectivity index (χ0n) is 15.0. The van der Waals surface area contributed by atoms with Crippen LogP contribution in [0.1, 0.15) is 59.7 Å². The minimum Gasteiger partial charge on any atom is -0.469 e. The first kappa shape index (κ1) is 16.5. The number of furan rings is 2. The Morgan fingerprint density at radius 3 is 2.68 bits per heavy atom. The Morgan fingerprint density at radius 1 is 1.28 bits per heavy atom. The lowest BCUT2D eigenvalue weighted by Gasteiger charge is -2.31. The van der Waals surface area contributed by atoms with E-state index in [1.165, 1.54) is 6.42 Å². The van der Waals surface area contributed by atoms with E-state index >= 15 is 0 Å². The van der Waals surface area contributed by atoms with Gasteiger partial charge in [-0.15, -0.1) is 0 Å². The van der Waals surface area contributed by atoms with Crippen molar-refractivity contribution in [3.8, 4) is 0 Å². The third-order valence-electron chi connectivity index (χ3n) is 5.56. The summed E-state index contributed by atoms with van der Waals surface area (Å²) in [4.78, 5) is 14.7. The maximum atomic E-state index is 12.3. The first-order valence-corrected chi connectivity index (χ1v) is 9.26. The Morgan fingerprint density at radius 2 is 2.04 bits per heavy atom. The molecule has 1 saturated carbocycles. The standard InChI is InChI=1S/C20H26N2O3/c1-13-11-18(13)19-4-3-16(25-19)12-22-8-5-15(6-9-22)21-20(23)17-7-10-24-14(17)2/h3-4,7,10,13,15,18H,5-6,8-9,11-12H2,1-2H3,(H,21,23)/t13-,18-/m1/s1. The molecule has 5 heteroatoms. The molecule has 0 radical (unpaired) electrons. The summed E-state index contributed by atoms with van der Waals surface area (Å²) in [5, 5.41) is 3.13. The smallest absolute Gasteiger partial charge is 0.255 e. The van der Waals surface area contributed by atoms with E-state index in [-0.39, 0.29) is 11.9 Å². The Balaban J connectivity index is 1.25. The van der Waals surface area contributed by atoms with Crippen molar-refractivity contribution in [1.82, 2.24) is 10.2 Å². The van der Waals surface area contributed by atoms with E-state index in [4.69, 9.17) is 8.83 Å². The van der Waals surface area contributed by atoms with Crippen molar-refractivity contribution in [1.29, 1.82) is 0 Å². The van der Waals surface area contributed by atoms with Crippen LogP contribution in [0.2, 0.25) is 0 Å². The van der Waals surface area contributed by atoms with Crippen LogP contribution in [0.5, 0.6) is 0 Å². The fraction of sp³-hybridized carbons (Fsp3) is 0.550. The molecule has 2 atom stereocenters. The molecular formula is C20H26N2O3. The van der Waals surface area contributed by atoms with Gasteiger partial charge in [-0.2, -0.15) is 0 Å². The van der Waals surface area contributed by atoms with E-state index in [1.807, 2.05) is 6.92 Å². The Kier molecular flexibility index (Phi) is 4.42. The second-order valence-corrected chi connectivity index (χ2v) is 7.54. The average Bonchev–Trinajstić information content (AvgIpc) is 2.98. The molecule has 4 rings (SSSR count). The maximum Gasteiger partial charge on any atom is 0.255 e. The molecule has 1 aliphatic carbocycles. The zero-order chi connectivity index (χ0) is 17.4. The van der Waals surface area contributed by atoms with E-state index in [2.05, 4.69) is 29.3 Å². The highest BCUT2D eigenvalue weighted by molar-refractivity contribution is 5.95.